The Kier molecular flexibility index (Phi) is 5.64. The van der Waals surface area contributed by atoms with Crippen LogP contribution in [0.1, 0.15) is 27.2 Å². The van der Waals surface area contributed by atoms with Crippen molar-refractivity contribution < 1.29 is 18.5 Å². The molecule has 132 valence electrons. The Bertz CT molecular complexity index is 654. The van der Waals surface area contributed by atoms with E-state index in [1.165, 1.54) is 0 Å². The van der Waals surface area contributed by atoms with Gasteiger partial charge in [0.2, 0.25) is 5.91 Å². The van der Waals surface area contributed by atoms with Crippen LogP contribution in [0.2, 0.25) is 0 Å². The Morgan fingerprint density at radius 1 is 1.33 bits per heavy atom. The number of hydrogen-bond acceptors (Lipinski definition) is 4. The second-order valence-corrected chi connectivity index (χ2v) is 8.26. The highest BCUT2D eigenvalue weighted by Gasteiger charge is 2.33. The van der Waals surface area contributed by atoms with Crippen LogP contribution in [0.25, 0.3) is 0 Å². The van der Waals surface area contributed by atoms with Crippen LogP contribution < -0.4 is 5.32 Å². The summed E-state index contributed by atoms with van der Waals surface area (Å²) in [5.41, 5.74) is 0.0663. The minimum absolute atomic E-state index is 0.139. The van der Waals surface area contributed by atoms with E-state index < -0.39 is 16.4 Å². The third kappa shape index (κ3) is 5.06. The fourth-order valence-corrected chi connectivity index (χ4v) is 3.03. The van der Waals surface area contributed by atoms with Gasteiger partial charge in [-0.15, -0.1) is 0 Å². The van der Waals surface area contributed by atoms with Crippen molar-refractivity contribution in [3.8, 4) is 0 Å². The van der Waals surface area contributed by atoms with Gasteiger partial charge in [-0.05, 0) is 45.4 Å². The molecule has 1 aromatic rings. The van der Waals surface area contributed by atoms with Crippen molar-refractivity contribution in [2.45, 2.75) is 37.7 Å². The highest BCUT2D eigenvalue weighted by Crippen LogP contribution is 2.22. The molecular weight excluding hydrogens is 328 g/mol. The largest absolute Gasteiger partial charge is 0.444 e. The van der Waals surface area contributed by atoms with E-state index in [9.17, 15) is 13.8 Å². The van der Waals surface area contributed by atoms with E-state index in [2.05, 4.69) is 5.32 Å². The predicted molar refractivity (Wildman–Crippen MR) is 93.3 cm³/mol. The summed E-state index contributed by atoms with van der Waals surface area (Å²) in [5.74, 6) is -0.409. The van der Waals surface area contributed by atoms with Crippen LogP contribution in [0.5, 0.6) is 0 Å². The molecule has 1 aliphatic rings. The maximum Gasteiger partial charge on any atom is 0.410 e. The minimum Gasteiger partial charge on any atom is -0.444 e. The van der Waals surface area contributed by atoms with Crippen molar-refractivity contribution in [1.82, 2.24) is 4.90 Å². The number of carbonyl (C=O) groups is 2. The van der Waals surface area contributed by atoms with Gasteiger partial charge in [-0.3, -0.25) is 9.00 Å². The summed E-state index contributed by atoms with van der Waals surface area (Å²) in [5, 5.41) is 2.83. The molecular formula is C17H24N2O4S. The molecule has 0 saturated carbocycles. The Labute approximate surface area is 145 Å². The molecule has 0 spiro atoms. The zero-order chi connectivity index (χ0) is 17.9. The molecule has 0 bridgehead atoms. The zero-order valence-corrected chi connectivity index (χ0v) is 15.3. The molecule has 0 unspecified atom stereocenters. The first kappa shape index (κ1) is 18.4. The van der Waals surface area contributed by atoms with Crippen LogP contribution in [0.15, 0.2) is 29.2 Å². The summed E-state index contributed by atoms with van der Waals surface area (Å²) in [6, 6.07) is 6.98. The Balaban J connectivity index is 1.94. The van der Waals surface area contributed by atoms with Crippen LogP contribution in [-0.2, 0) is 20.3 Å². The maximum atomic E-state index is 12.4. The molecule has 2 amide bonds. The molecule has 1 heterocycles. The van der Waals surface area contributed by atoms with Crippen molar-refractivity contribution in [1.29, 1.82) is 0 Å². The SMILES string of the molecule is C[S@@](=O)c1cccc(NC(=O)[C@@H]2CCN(C(=O)OC(C)(C)C)C2)c1. The van der Waals surface area contributed by atoms with Crippen LogP contribution >= 0.6 is 0 Å². The van der Waals surface area contributed by atoms with Crippen molar-refractivity contribution in [2.24, 2.45) is 5.92 Å². The van der Waals surface area contributed by atoms with Gasteiger partial charge in [0.1, 0.15) is 5.60 Å². The molecule has 0 aromatic heterocycles. The Hall–Kier alpha value is -1.89. The summed E-state index contributed by atoms with van der Waals surface area (Å²) in [7, 11) is -1.10. The smallest absolute Gasteiger partial charge is 0.410 e. The number of benzene rings is 1. The van der Waals surface area contributed by atoms with E-state index in [0.717, 1.165) is 0 Å². The fourth-order valence-electron chi connectivity index (χ4n) is 2.46. The topological polar surface area (TPSA) is 75.7 Å². The lowest BCUT2D eigenvalue weighted by molar-refractivity contribution is -0.119. The van der Waals surface area contributed by atoms with Crippen molar-refractivity contribution in [2.75, 3.05) is 24.7 Å². The number of likely N-dealkylation sites (tertiary alicyclic amines) is 1. The van der Waals surface area contributed by atoms with Crippen LogP contribution in [-0.4, -0.2) is 46.1 Å². The maximum absolute atomic E-state index is 12.4. The van der Waals surface area contributed by atoms with Gasteiger partial charge in [0.15, 0.2) is 0 Å². The molecule has 0 radical (unpaired) electrons. The van der Waals surface area contributed by atoms with E-state index in [0.29, 0.717) is 30.1 Å². The molecule has 6 nitrogen and oxygen atoms in total. The number of carbonyl (C=O) groups excluding carboxylic acids is 2. The monoisotopic (exact) mass is 352 g/mol. The van der Waals surface area contributed by atoms with Crippen LogP contribution in [0.4, 0.5) is 10.5 Å². The third-order valence-electron chi connectivity index (χ3n) is 3.64. The number of nitrogens with one attached hydrogen (secondary N) is 1. The van der Waals surface area contributed by atoms with Crippen molar-refractivity contribution in [3.05, 3.63) is 24.3 Å². The van der Waals surface area contributed by atoms with Crippen LogP contribution in [0.3, 0.4) is 0 Å². The first-order valence-corrected chi connectivity index (χ1v) is 9.44. The molecule has 1 aliphatic heterocycles. The van der Waals surface area contributed by atoms with Gasteiger partial charge in [-0.25, -0.2) is 4.79 Å². The standard InChI is InChI=1S/C17H24N2O4S/c1-17(2,3)23-16(21)19-9-8-12(11-19)15(20)18-13-6-5-7-14(10-13)24(4)22/h5-7,10,12H,8-9,11H2,1-4H3,(H,18,20)/t12-,24-/m1/s1. The molecule has 7 heteroatoms. The van der Waals surface area contributed by atoms with Gasteiger partial charge in [0.05, 0.1) is 5.92 Å². The fraction of sp³-hybridized carbons (Fsp3) is 0.529. The molecule has 1 saturated heterocycles. The van der Waals surface area contributed by atoms with E-state index >= 15 is 0 Å². The molecule has 2 rings (SSSR count). The van der Waals surface area contributed by atoms with Gasteiger partial charge in [0, 0.05) is 40.7 Å². The van der Waals surface area contributed by atoms with E-state index in [-0.39, 0.29) is 17.9 Å². The molecule has 0 aliphatic carbocycles. The number of nitrogens with zero attached hydrogens (tertiary/aromatic N) is 1. The average molecular weight is 352 g/mol. The summed E-state index contributed by atoms with van der Waals surface area (Å²) >= 11 is 0. The average Bonchev–Trinajstić information content (AvgIpc) is 2.95. The first-order chi connectivity index (χ1) is 11.2. The number of hydrogen-bond donors (Lipinski definition) is 1. The second kappa shape index (κ2) is 7.34. The van der Waals surface area contributed by atoms with Gasteiger partial charge < -0.3 is 15.0 Å². The van der Waals surface area contributed by atoms with Gasteiger partial charge >= 0.3 is 6.09 Å². The summed E-state index contributed by atoms with van der Waals surface area (Å²) < 4.78 is 16.8. The van der Waals surface area contributed by atoms with Gasteiger partial charge in [0.25, 0.3) is 0 Å². The first-order valence-electron chi connectivity index (χ1n) is 7.88. The molecule has 2 atom stereocenters. The summed E-state index contributed by atoms with van der Waals surface area (Å²) in [6.45, 7) is 6.30. The molecule has 24 heavy (non-hydrogen) atoms. The van der Waals surface area contributed by atoms with Crippen LogP contribution in [0, 0.1) is 5.92 Å². The Morgan fingerprint density at radius 3 is 2.67 bits per heavy atom. The van der Waals surface area contributed by atoms with Gasteiger partial charge in [-0.1, -0.05) is 6.07 Å². The van der Waals surface area contributed by atoms with Gasteiger partial charge in [-0.2, -0.15) is 0 Å². The normalized spacial score (nSPS) is 19.0. The summed E-state index contributed by atoms with van der Waals surface area (Å²) in [6.07, 6.45) is 1.81. The van der Waals surface area contributed by atoms with E-state index in [4.69, 9.17) is 4.74 Å². The lowest BCUT2D eigenvalue weighted by Gasteiger charge is -2.24. The predicted octanol–water partition coefficient (Wildman–Crippen LogP) is 2.62. The van der Waals surface area contributed by atoms with E-state index in [1.807, 2.05) is 20.8 Å². The number of ether oxygens (including phenoxy) is 1. The van der Waals surface area contributed by atoms with E-state index in [1.54, 1.807) is 35.4 Å². The second-order valence-electron chi connectivity index (χ2n) is 6.88. The van der Waals surface area contributed by atoms with Crippen molar-refractivity contribution >= 4 is 28.5 Å². The molecule has 1 aromatic carbocycles. The number of rotatable bonds is 3. The molecule has 1 fully saturated rings. The minimum atomic E-state index is -1.10. The lowest BCUT2D eigenvalue weighted by Crippen LogP contribution is -2.36. The molecule has 1 N–H and O–H groups in total. The summed E-state index contributed by atoms with van der Waals surface area (Å²) in [4.78, 5) is 26.7. The highest BCUT2D eigenvalue weighted by atomic mass is 32.2. The number of anilines is 1. The number of amides is 2. The third-order valence-corrected chi connectivity index (χ3v) is 4.56. The zero-order valence-electron chi connectivity index (χ0n) is 14.5. The van der Waals surface area contributed by atoms with Crippen molar-refractivity contribution in [3.63, 3.8) is 0 Å². The Morgan fingerprint density at radius 2 is 2.04 bits per heavy atom. The quantitative estimate of drug-likeness (QED) is 0.907. The highest BCUT2D eigenvalue weighted by molar-refractivity contribution is 7.84. The lowest BCUT2D eigenvalue weighted by atomic mass is 10.1.